The van der Waals surface area contributed by atoms with Crippen molar-refractivity contribution < 1.29 is 9.53 Å². The summed E-state index contributed by atoms with van der Waals surface area (Å²) < 4.78 is 8.23. The molecule has 3 aromatic carbocycles. The van der Waals surface area contributed by atoms with E-state index in [0.29, 0.717) is 5.56 Å². The lowest BCUT2D eigenvalue weighted by Gasteiger charge is -2.09. The molecule has 0 bridgehead atoms. The number of rotatable bonds is 3. The minimum Gasteiger partial charge on any atom is -0.455 e. The number of carbonyl (C=O) groups is 1. The van der Waals surface area contributed by atoms with Crippen LogP contribution in [0.2, 0.25) is 0 Å². The zero-order valence-electron chi connectivity index (χ0n) is 14.8. The van der Waals surface area contributed by atoms with Gasteiger partial charge in [0.05, 0.1) is 5.56 Å². The van der Waals surface area contributed by atoms with E-state index in [1.54, 1.807) is 0 Å². The van der Waals surface area contributed by atoms with Crippen molar-refractivity contribution in [3.05, 3.63) is 90.5 Å². The second-order valence-corrected chi connectivity index (χ2v) is 8.74. The molecule has 0 amide bonds. The fourth-order valence-electron chi connectivity index (χ4n) is 3.75. The van der Waals surface area contributed by atoms with Crippen molar-refractivity contribution in [2.45, 2.75) is 18.9 Å². The molecule has 0 spiro atoms. The molecule has 1 heterocycles. The number of esters is 1. The molecule has 1 aromatic heterocycles. The van der Waals surface area contributed by atoms with Crippen LogP contribution in [0, 0.1) is 0 Å². The third-order valence-corrected chi connectivity index (χ3v) is 7.37. The Morgan fingerprint density at radius 3 is 2.48 bits per heavy atom. The first kappa shape index (κ1) is 16.3. The number of allylic oxidation sites excluding steroid dienone is 1. The fraction of sp³-hybridized carbons (Fsp3) is 0.125. The normalized spacial score (nSPS) is 16.9. The van der Waals surface area contributed by atoms with E-state index in [0.717, 1.165) is 18.2 Å². The van der Waals surface area contributed by atoms with Crippen LogP contribution in [0.15, 0.2) is 84.9 Å². The van der Waals surface area contributed by atoms with Gasteiger partial charge in [0.15, 0.2) is 14.3 Å². The molecular weight excluding hydrogens is 352 g/mol. The molecule has 0 fully saturated rings. The van der Waals surface area contributed by atoms with Gasteiger partial charge in [-0.25, -0.2) is 4.79 Å². The third kappa shape index (κ3) is 2.84. The van der Waals surface area contributed by atoms with Crippen molar-refractivity contribution in [3.8, 4) is 4.90 Å². The van der Waals surface area contributed by atoms with Crippen molar-refractivity contribution in [2.75, 3.05) is 0 Å². The largest absolute Gasteiger partial charge is 0.455 e. The molecule has 0 aliphatic heterocycles. The topological polar surface area (TPSA) is 26.3 Å². The summed E-state index contributed by atoms with van der Waals surface area (Å²) in [5.41, 5.74) is 0.627. The molecule has 2 atom stereocenters. The molecule has 4 aromatic rings. The van der Waals surface area contributed by atoms with Gasteiger partial charge < -0.3 is 4.74 Å². The summed E-state index contributed by atoms with van der Waals surface area (Å²) in [7, 11) is -0.129. The Balaban J connectivity index is 1.66. The summed E-state index contributed by atoms with van der Waals surface area (Å²) in [5, 5.41) is 2.37. The lowest BCUT2D eigenvalue weighted by molar-refractivity contribution is 0.0395. The van der Waals surface area contributed by atoms with E-state index in [-0.39, 0.29) is 22.5 Å². The zero-order chi connectivity index (χ0) is 18.2. The summed E-state index contributed by atoms with van der Waals surface area (Å²) in [6.45, 7) is 0. The lowest BCUT2D eigenvalue weighted by Crippen LogP contribution is -2.13. The Labute approximate surface area is 160 Å². The molecule has 132 valence electrons. The standard InChI is InChI=1S/C24H19O2S/c25-24(26-18-8-4-5-9-18)17-14-15-23-21(16-17)20-12-6-7-13-22(20)27(23)19-10-2-1-3-11-19/h1-4,6-8,10-16,18H,5,9H2/q+1. The molecule has 5 rings (SSSR count). The van der Waals surface area contributed by atoms with Crippen LogP contribution in [0.5, 0.6) is 0 Å². The Hall–Kier alpha value is -2.91. The first-order valence-electron chi connectivity index (χ1n) is 9.22. The summed E-state index contributed by atoms with van der Waals surface area (Å²) in [6.07, 6.45) is 5.83. The van der Waals surface area contributed by atoms with E-state index in [9.17, 15) is 4.79 Å². The number of fused-ring (bicyclic) bond motifs is 3. The molecule has 1 aliphatic carbocycles. The number of benzene rings is 3. The van der Waals surface area contributed by atoms with Gasteiger partial charge in [-0.3, -0.25) is 0 Å². The van der Waals surface area contributed by atoms with Crippen LogP contribution in [-0.4, -0.2) is 12.1 Å². The first-order valence-corrected chi connectivity index (χ1v) is 10.4. The van der Waals surface area contributed by atoms with Crippen LogP contribution in [0.25, 0.3) is 25.1 Å². The second-order valence-electron chi connectivity index (χ2n) is 6.78. The highest BCUT2D eigenvalue weighted by molar-refractivity contribution is 7.50. The van der Waals surface area contributed by atoms with Crippen molar-refractivity contribution in [1.29, 1.82) is 0 Å². The molecule has 27 heavy (non-hydrogen) atoms. The minimum atomic E-state index is -0.238. The van der Waals surface area contributed by atoms with Crippen LogP contribution >= 0.6 is 10.5 Å². The number of carbonyl (C=O) groups excluding carboxylic acids is 1. The van der Waals surface area contributed by atoms with Gasteiger partial charge in [0, 0.05) is 21.2 Å². The van der Waals surface area contributed by atoms with Crippen LogP contribution in [-0.2, 0) is 4.74 Å². The predicted molar refractivity (Wildman–Crippen MR) is 113 cm³/mol. The molecule has 0 saturated carbocycles. The van der Waals surface area contributed by atoms with Crippen molar-refractivity contribution in [1.82, 2.24) is 0 Å². The van der Waals surface area contributed by atoms with Gasteiger partial charge in [-0.1, -0.05) is 36.4 Å². The highest BCUT2D eigenvalue weighted by Gasteiger charge is 2.25. The number of ether oxygens (including phenoxy) is 1. The SMILES string of the molecule is O=C(OC1C=CCC1)c1ccc2c(c1)c1ccccc1[s+]2-c1ccccc1. The van der Waals surface area contributed by atoms with Gasteiger partial charge in [0.25, 0.3) is 0 Å². The van der Waals surface area contributed by atoms with E-state index < -0.39 is 0 Å². The molecule has 1 aliphatic rings. The molecular formula is C24H19O2S+. The average Bonchev–Trinajstić information content (AvgIpc) is 3.34. The van der Waals surface area contributed by atoms with Crippen molar-refractivity contribution in [2.24, 2.45) is 0 Å². The Morgan fingerprint density at radius 2 is 1.67 bits per heavy atom. The van der Waals surface area contributed by atoms with Crippen LogP contribution < -0.4 is 0 Å². The molecule has 0 saturated heterocycles. The molecule has 2 unspecified atom stereocenters. The Bertz CT molecular complexity index is 1170. The summed E-state index contributed by atoms with van der Waals surface area (Å²) >= 11 is 0. The quantitative estimate of drug-likeness (QED) is 0.230. The number of thiophene rings is 1. The fourth-order valence-corrected chi connectivity index (χ4v) is 6.13. The lowest BCUT2D eigenvalue weighted by atomic mass is 10.1. The van der Waals surface area contributed by atoms with Crippen molar-refractivity contribution >= 4 is 36.6 Å². The van der Waals surface area contributed by atoms with Crippen LogP contribution in [0.3, 0.4) is 0 Å². The summed E-state index contributed by atoms with van der Waals surface area (Å²) in [4.78, 5) is 13.9. The maximum absolute atomic E-state index is 12.6. The van der Waals surface area contributed by atoms with E-state index in [4.69, 9.17) is 4.74 Å². The predicted octanol–water partition coefficient (Wildman–Crippen LogP) is 6.61. The first-order chi connectivity index (χ1) is 13.3. The highest BCUT2D eigenvalue weighted by atomic mass is 32.2. The van der Waals surface area contributed by atoms with E-state index in [1.165, 1.54) is 19.7 Å². The maximum Gasteiger partial charge on any atom is 0.338 e. The molecule has 0 N–H and O–H groups in total. The van der Waals surface area contributed by atoms with Crippen LogP contribution in [0.1, 0.15) is 23.2 Å². The summed E-state index contributed by atoms with van der Waals surface area (Å²) in [5.74, 6) is -0.238. The molecule has 3 heteroatoms. The second kappa shape index (κ2) is 6.67. The molecule has 2 nitrogen and oxygen atoms in total. The Kier molecular flexibility index (Phi) is 4.02. The monoisotopic (exact) mass is 371 g/mol. The van der Waals surface area contributed by atoms with E-state index in [2.05, 4.69) is 60.7 Å². The van der Waals surface area contributed by atoms with E-state index >= 15 is 0 Å². The van der Waals surface area contributed by atoms with Gasteiger partial charge in [-0.2, -0.15) is 0 Å². The van der Waals surface area contributed by atoms with Gasteiger partial charge in [0.2, 0.25) is 0 Å². The third-order valence-electron chi connectivity index (χ3n) is 5.04. The zero-order valence-corrected chi connectivity index (χ0v) is 15.6. The Morgan fingerprint density at radius 1 is 0.889 bits per heavy atom. The smallest absolute Gasteiger partial charge is 0.338 e. The van der Waals surface area contributed by atoms with E-state index in [1.807, 2.05) is 24.3 Å². The van der Waals surface area contributed by atoms with Gasteiger partial charge in [-0.15, -0.1) is 0 Å². The molecule has 0 radical (unpaired) electrons. The van der Waals surface area contributed by atoms with Gasteiger partial charge in [-0.05, 0) is 61.4 Å². The number of hydrogen-bond acceptors (Lipinski definition) is 2. The minimum absolute atomic E-state index is 0.0861. The average molecular weight is 371 g/mol. The summed E-state index contributed by atoms with van der Waals surface area (Å²) in [6, 6.07) is 25.1. The van der Waals surface area contributed by atoms with Gasteiger partial charge in [0.1, 0.15) is 6.10 Å². The highest BCUT2D eigenvalue weighted by Crippen LogP contribution is 2.48. The van der Waals surface area contributed by atoms with Gasteiger partial charge >= 0.3 is 5.97 Å². The van der Waals surface area contributed by atoms with Crippen LogP contribution in [0.4, 0.5) is 0 Å². The van der Waals surface area contributed by atoms with Crippen molar-refractivity contribution in [3.63, 3.8) is 0 Å². The number of hydrogen-bond donors (Lipinski definition) is 0. The maximum atomic E-state index is 12.6.